The fourth-order valence-corrected chi connectivity index (χ4v) is 1.26. The van der Waals surface area contributed by atoms with Crippen LogP contribution in [0.4, 0.5) is 5.69 Å². The highest BCUT2D eigenvalue weighted by molar-refractivity contribution is 5.66. The van der Waals surface area contributed by atoms with Gasteiger partial charge in [0.25, 0.3) is 0 Å². The average molecular weight is 190 g/mol. The van der Waals surface area contributed by atoms with Crippen LogP contribution in [-0.2, 0) is 0 Å². The smallest absolute Gasteiger partial charge is 0.143 e. The molecule has 0 saturated carbocycles. The molecule has 2 aromatic rings. The zero-order chi connectivity index (χ0) is 9.97. The van der Waals surface area contributed by atoms with Gasteiger partial charge in [-0.3, -0.25) is 4.57 Å². The largest absolute Gasteiger partial charge is 0.495 e. The van der Waals surface area contributed by atoms with E-state index in [1.54, 1.807) is 24.3 Å². The van der Waals surface area contributed by atoms with Crippen molar-refractivity contribution in [2.75, 3.05) is 12.8 Å². The van der Waals surface area contributed by atoms with Crippen LogP contribution in [0.2, 0.25) is 0 Å². The predicted octanol–water partition coefficient (Wildman–Crippen LogP) is 0.858. The van der Waals surface area contributed by atoms with Crippen molar-refractivity contribution in [1.29, 1.82) is 0 Å². The van der Waals surface area contributed by atoms with E-state index in [2.05, 4.69) is 10.2 Å². The molecular formula is C9H10N4O. The number of nitrogens with two attached hydrogens (primary N) is 1. The maximum absolute atomic E-state index is 5.88. The highest BCUT2D eigenvalue weighted by atomic mass is 16.5. The van der Waals surface area contributed by atoms with Crippen LogP contribution in [-0.4, -0.2) is 21.9 Å². The van der Waals surface area contributed by atoms with E-state index in [1.807, 2.05) is 18.2 Å². The summed E-state index contributed by atoms with van der Waals surface area (Å²) >= 11 is 0. The lowest BCUT2D eigenvalue weighted by Gasteiger charge is -2.09. The Morgan fingerprint density at radius 1 is 1.29 bits per heavy atom. The van der Waals surface area contributed by atoms with Gasteiger partial charge in [-0.1, -0.05) is 6.07 Å². The maximum Gasteiger partial charge on any atom is 0.143 e. The molecule has 5 heteroatoms. The van der Waals surface area contributed by atoms with Crippen LogP contribution >= 0.6 is 0 Å². The van der Waals surface area contributed by atoms with Crippen LogP contribution in [0.5, 0.6) is 5.75 Å². The first-order valence-corrected chi connectivity index (χ1v) is 4.10. The first-order chi connectivity index (χ1) is 6.83. The molecule has 0 atom stereocenters. The van der Waals surface area contributed by atoms with Gasteiger partial charge in [0.05, 0.1) is 18.5 Å². The molecule has 0 fully saturated rings. The van der Waals surface area contributed by atoms with Crippen LogP contribution in [0.25, 0.3) is 5.69 Å². The Labute approximate surface area is 81.1 Å². The van der Waals surface area contributed by atoms with Gasteiger partial charge in [0.2, 0.25) is 0 Å². The molecule has 2 rings (SSSR count). The minimum atomic E-state index is 0.579. The van der Waals surface area contributed by atoms with Crippen molar-refractivity contribution in [3.63, 3.8) is 0 Å². The third kappa shape index (κ3) is 1.28. The zero-order valence-corrected chi connectivity index (χ0v) is 7.71. The molecule has 1 heterocycles. The molecule has 0 radical (unpaired) electrons. The van der Waals surface area contributed by atoms with Crippen LogP contribution < -0.4 is 10.5 Å². The summed E-state index contributed by atoms with van der Waals surface area (Å²) in [6, 6.07) is 5.55. The van der Waals surface area contributed by atoms with Crippen LogP contribution in [0.3, 0.4) is 0 Å². The lowest BCUT2D eigenvalue weighted by Crippen LogP contribution is -1.99. The highest BCUT2D eigenvalue weighted by Crippen LogP contribution is 2.27. The van der Waals surface area contributed by atoms with E-state index in [1.165, 1.54) is 0 Å². The van der Waals surface area contributed by atoms with E-state index in [-0.39, 0.29) is 0 Å². The van der Waals surface area contributed by atoms with Crippen molar-refractivity contribution in [2.24, 2.45) is 0 Å². The molecule has 72 valence electrons. The molecule has 2 N–H and O–H groups in total. The average Bonchev–Trinajstić information content (AvgIpc) is 2.71. The quantitative estimate of drug-likeness (QED) is 0.713. The van der Waals surface area contributed by atoms with E-state index in [0.717, 1.165) is 5.69 Å². The van der Waals surface area contributed by atoms with Crippen molar-refractivity contribution in [3.05, 3.63) is 30.9 Å². The Bertz CT molecular complexity index is 424. The standard InChI is InChI=1S/C9H10N4O/c1-14-8-4-2-3-7(9(8)10)13-5-11-12-6-13/h2-6H,10H2,1H3. The molecule has 1 aromatic heterocycles. The first-order valence-electron chi connectivity index (χ1n) is 4.10. The van der Waals surface area contributed by atoms with Crippen LogP contribution in [0.1, 0.15) is 0 Å². The second-order valence-electron chi connectivity index (χ2n) is 2.76. The molecule has 0 unspecified atom stereocenters. The Kier molecular flexibility index (Phi) is 2.06. The molecule has 1 aromatic carbocycles. The van der Waals surface area contributed by atoms with Gasteiger partial charge in [-0.2, -0.15) is 0 Å². The predicted molar refractivity (Wildman–Crippen MR) is 52.3 cm³/mol. The fourth-order valence-electron chi connectivity index (χ4n) is 1.26. The molecule has 0 aliphatic heterocycles. The van der Waals surface area contributed by atoms with Gasteiger partial charge in [0.15, 0.2) is 0 Å². The minimum absolute atomic E-state index is 0.579. The van der Waals surface area contributed by atoms with E-state index in [9.17, 15) is 0 Å². The Hall–Kier alpha value is -2.04. The van der Waals surface area contributed by atoms with Gasteiger partial charge < -0.3 is 10.5 Å². The number of hydrogen-bond acceptors (Lipinski definition) is 4. The number of methoxy groups -OCH3 is 1. The van der Waals surface area contributed by atoms with Crippen LogP contribution in [0, 0.1) is 0 Å². The third-order valence-electron chi connectivity index (χ3n) is 1.96. The maximum atomic E-state index is 5.88. The molecule has 14 heavy (non-hydrogen) atoms. The molecule has 0 bridgehead atoms. The number of rotatable bonds is 2. The Morgan fingerprint density at radius 3 is 2.64 bits per heavy atom. The zero-order valence-electron chi connectivity index (χ0n) is 7.71. The van der Waals surface area contributed by atoms with Crippen molar-refractivity contribution >= 4 is 5.69 Å². The van der Waals surface area contributed by atoms with Crippen LogP contribution in [0.15, 0.2) is 30.9 Å². The SMILES string of the molecule is COc1cccc(-n2cnnc2)c1N. The Morgan fingerprint density at radius 2 is 2.00 bits per heavy atom. The molecule has 0 aliphatic rings. The number of ether oxygens (including phenoxy) is 1. The Balaban J connectivity index is 2.54. The third-order valence-corrected chi connectivity index (χ3v) is 1.96. The van der Waals surface area contributed by atoms with Crippen molar-refractivity contribution in [3.8, 4) is 11.4 Å². The normalized spacial score (nSPS) is 10.1. The van der Waals surface area contributed by atoms with Crippen molar-refractivity contribution in [1.82, 2.24) is 14.8 Å². The van der Waals surface area contributed by atoms with Gasteiger partial charge >= 0.3 is 0 Å². The number of benzene rings is 1. The monoisotopic (exact) mass is 190 g/mol. The van der Waals surface area contributed by atoms with Crippen molar-refractivity contribution in [2.45, 2.75) is 0 Å². The molecule has 0 saturated heterocycles. The van der Waals surface area contributed by atoms with E-state index in [4.69, 9.17) is 10.5 Å². The summed E-state index contributed by atoms with van der Waals surface area (Å²) < 4.78 is 6.84. The lowest BCUT2D eigenvalue weighted by molar-refractivity contribution is 0.417. The summed E-state index contributed by atoms with van der Waals surface area (Å²) in [4.78, 5) is 0. The molecule has 0 amide bonds. The van der Waals surface area contributed by atoms with Gasteiger partial charge in [-0.25, -0.2) is 0 Å². The molecule has 0 aliphatic carbocycles. The number of hydrogen-bond donors (Lipinski definition) is 1. The highest BCUT2D eigenvalue weighted by Gasteiger charge is 2.05. The fraction of sp³-hybridized carbons (Fsp3) is 0.111. The summed E-state index contributed by atoms with van der Waals surface area (Å²) in [5.74, 6) is 0.649. The number of para-hydroxylation sites is 1. The summed E-state index contributed by atoms with van der Waals surface area (Å²) in [6.07, 6.45) is 3.18. The van der Waals surface area contributed by atoms with Gasteiger partial charge in [-0.15, -0.1) is 10.2 Å². The summed E-state index contributed by atoms with van der Waals surface area (Å²) in [6.45, 7) is 0. The number of aromatic nitrogens is 3. The van der Waals surface area contributed by atoms with Gasteiger partial charge in [0, 0.05) is 0 Å². The second kappa shape index (κ2) is 3.37. The number of anilines is 1. The number of nitrogen functional groups attached to an aromatic ring is 1. The molecule has 5 nitrogen and oxygen atoms in total. The second-order valence-corrected chi connectivity index (χ2v) is 2.76. The molecular weight excluding hydrogens is 180 g/mol. The summed E-state index contributed by atoms with van der Waals surface area (Å²) in [5, 5.41) is 7.42. The number of nitrogens with zero attached hydrogens (tertiary/aromatic N) is 3. The summed E-state index contributed by atoms with van der Waals surface area (Å²) in [5.41, 5.74) is 7.28. The first kappa shape index (κ1) is 8.55. The van der Waals surface area contributed by atoms with E-state index >= 15 is 0 Å². The molecule has 0 spiro atoms. The van der Waals surface area contributed by atoms with Gasteiger partial charge in [-0.05, 0) is 12.1 Å². The minimum Gasteiger partial charge on any atom is -0.495 e. The topological polar surface area (TPSA) is 66.0 Å². The van der Waals surface area contributed by atoms with E-state index < -0.39 is 0 Å². The van der Waals surface area contributed by atoms with Crippen molar-refractivity contribution < 1.29 is 4.74 Å². The van der Waals surface area contributed by atoms with E-state index in [0.29, 0.717) is 11.4 Å². The summed E-state index contributed by atoms with van der Waals surface area (Å²) in [7, 11) is 1.58. The lowest BCUT2D eigenvalue weighted by atomic mass is 10.2. The van der Waals surface area contributed by atoms with Gasteiger partial charge in [0.1, 0.15) is 18.4 Å².